The fourth-order valence-electron chi connectivity index (χ4n) is 4.66. The number of carbonyl (C=O) groups excluding carboxylic acids is 1. The predicted molar refractivity (Wildman–Crippen MR) is 118 cm³/mol. The lowest BCUT2D eigenvalue weighted by molar-refractivity contribution is 0.109. The summed E-state index contributed by atoms with van der Waals surface area (Å²) >= 11 is 0. The number of benzene rings is 2. The topological polar surface area (TPSA) is 88.4 Å². The van der Waals surface area contributed by atoms with E-state index in [9.17, 15) is 9.90 Å². The van der Waals surface area contributed by atoms with Crippen molar-refractivity contribution in [3.05, 3.63) is 71.3 Å². The molecule has 31 heavy (non-hydrogen) atoms. The zero-order chi connectivity index (χ0) is 21.6. The highest BCUT2D eigenvalue weighted by Gasteiger charge is 2.59. The second-order valence-electron chi connectivity index (χ2n) is 8.22. The molecule has 2 unspecified atom stereocenters. The van der Waals surface area contributed by atoms with Crippen LogP contribution < -0.4 is 15.4 Å². The largest absolute Gasteiger partial charge is 0.477 e. The highest BCUT2D eigenvalue weighted by molar-refractivity contribution is 5.90. The molecule has 0 saturated heterocycles. The van der Waals surface area contributed by atoms with Crippen LogP contribution in [0, 0.1) is 6.92 Å². The number of nitrogens with zero attached hydrogens (tertiary/aromatic N) is 2. The van der Waals surface area contributed by atoms with Crippen molar-refractivity contribution >= 4 is 11.8 Å². The van der Waals surface area contributed by atoms with E-state index in [0.29, 0.717) is 18.3 Å². The summed E-state index contributed by atoms with van der Waals surface area (Å²) in [6.07, 6.45) is 1.26. The highest BCUT2D eigenvalue weighted by atomic mass is 16.5. The van der Waals surface area contributed by atoms with Crippen molar-refractivity contribution in [2.75, 3.05) is 11.9 Å². The normalized spacial score (nSPS) is 20.4. The Morgan fingerprint density at radius 1 is 1.19 bits per heavy atom. The van der Waals surface area contributed by atoms with Gasteiger partial charge in [-0.25, -0.2) is 9.48 Å². The number of hydrogen-bond acceptors (Lipinski definition) is 4. The fraction of sp³-hybridized carbons (Fsp3) is 0.333. The average Bonchev–Trinajstić information content (AvgIpc) is 3.50. The molecule has 1 saturated carbocycles. The number of aromatic nitrogens is 2. The summed E-state index contributed by atoms with van der Waals surface area (Å²) in [7, 11) is 0. The van der Waals surface area contributed by atoms with Crippen LogP contribution in [-0.4, -0.2) is 33.6 Å². The van der Waals surface area contributed by atoms with Crippen molar-refractivity contribution in [1.82, 2.24) is 15.1 Å². The van der Waals surface area contributed by atoms with Crippen LogP contribution >= 0.6 is 0 Å². The van der Waals surface area contributed by atoms with E-state index in [0.717, 1.165) is 35.2 Å². The van der Waals surface area contributed by atoms with Gasteiger partial charge in [-0.1, -0.05) is 42.5 Å². The molecule has 3 aromatic rings. The lowest BCUT2D eigenvalue weighted by atomic mass is 9.97. The summed E-state index contributed by atoms with van der Waals surface area (Å²) in [6, 6.07) is 16.7. The monoisotopic (exact) mass is 418 g/mol. The Morgan fingerprint density at radius 2 is 1.90 bits per heavy atom. The van der Waals surface area contributed by atoms with Crippen LogP contribution in [0.25, 0.3) is 5.69 Å². The third-order valence-corrected chi connectivity index (χ3v) is 6.38. The van der Waals surface area contributed by atoms with E-state index in [4.69, 9.17) is 4.74 Å². The first-order valence-corrected chi connectivity index (χ1v) is 10.7. The van der Waals surface area contributed by atoms with Gasteiger partial charge in [-0.15, -0.1) is 5.10 Å². The number of para-hydroxylation sites is 1. The first-order valence-electron chi connectivity index (χ1n) is 10.7. The first kappa shape index (κ1) is 19.6. The smallest absolute Gasteiger partial charge is 0.320 e. The van der Waals surface area contributed by atoms with E-state index >= 15 is 0 Å². The number of fused-ring (bicyclic) bond motifs is 2. The second-order valence-corrected chi connectivity index (χ2v) is 8.22. The molecule has 2 aliphatic rings. The average molecular weight is 418 g/mol. The lowest BCUT2D eigenvalue weighted by Crippen LogP contribution is -2.39. The summed E-state index contributed by atoms with van der Waals surface area (Å²) in [4.78, 5) is 13.0. The summed E-state index contributed by atoms with van der Waals surface area (Å²) in [5, 5.41) is 21.5. The maximum atomic E-state index is 13.0. The summed E-state index contributed by atoms with van der Waals surface area (Å²) in [5.74, 6) is 1.01. The van der Waals surface area contributed by atoms with Crippen LogP contribution in [0.3, 0.4) is 0 Å². The van der Waals surface area contributed by atoms with Gasteiger partial charge in [0.25, 0.3) is 0 Å². The van der Waals surface area contributed by atoms with Crippen molar-refractivity contribution in [1.29, 1.82) is 0 Å². The molecule has 7 nitrogen and oxygen atoms in total. The zero-order valence-electron chi connectivity index (χ0n) is 17.6. The van der Waals surface area contributed by atoms with E-state index in [1.807, 2.05) is 62.4 Å². The van der Waals surface area contributed by atoms with Gasteiger partial charge in [0, 0.05) is 5.41 Å². The van der Waals surface area contributed by atoms with Crippen LogP contribution in [0.2, 0.25) is 0 Å². The van der Waals surface area contributed by atoms with Crippen LogP contribution in [0.5, 0.6) is 5.88 Å². The minimum absolute atomic E-state index is 0.210. The minimum atomic E-state index is -0.630. The minimum Gasteiger partial charge on any atom is -0.477 e. The number of urea groups is 1. The highest BCUT2D eigenvalue weighted by Crippen LogP contribution is 2.59. The van der Waals surface area contributed by atoms with E-state index < -0.39 is 12.1 Å². The van der Waals surface area contributed by atoms with E-state index in [-0.39, 0.29) is 11.4 Å². The number of aliphatic hydroxyl groups excluding tert-OH is 1. The number of ether oxygens (including phenoxy) is 1. The third kappa shape index (κ3) is 3.16. The molecule has 2 aromatic carbocycles. The molecule has 7 heteroatoms. The standard InChI is InChI=1S/C24H26N4O3/c1-3-31-22-15(2)21(28(27-22)16-9-5-4-6-10-16)26-23(30)25-19-17-11-7-8-12-18(17)24(13-14-24)20(19)29/h4-12,19-20,29H,3,13-14H2,1-2H3,(H2,25,26,30). The molecule has 2 atom stereocenters. The Kier molecular flexibility index (Phi) is 4.70. The fourth-order valence-corrected chi connectivity index (χ4v) is 4.66. The van der Waals surface area contributed by atoms with E-state index in [2.05, 4.69) is 21.8 Å². The number of aliphatic hydroxyl groups is 1. The van der Waals surface area contributed by atoms with Gasteiger partial charge in [0.1, 0.15) is 5.82 Å². The molecule has 3 N–H and O–H groups in total. The van der Waals surface area contributed by atoms with Crippen molar-refractivity contribution in [3.8, 4) is 11.6 Å². The molecule has 160 valence electrons. The van der Waals surface area contributed by atoms with Gasteiger partial charge >= 0.3 is 6.03 Å². The molecular formula is C24H26N4O3. The van der Waals surface area contributed by atoms with Gasteiger partial charge in [-0.2, -0.15) is 0 Å². The maximum absolute atomic E-state index is 13.0. The number of carbonyl (C=O) groups is 1. The van der Waals surface area contributed by atoms with Crippen molar-refractivity contribution in [2.24, 2.45) is 0 Å². The Balaban J connectivity index is 1.42. The molecule has 5 rings (SSSR count). The number of nitrogens with one attached hydrogen (secondary N) is 2. The first-order chi connectivity index (χ1) is 15.0. The lowest BCUT2D eigenvalue weighted by Gasteiger charge is -2.21. The molecular weight excluding hydrogens is 392 g/mol. The van der Waals surface area contributed by atoms with Crippen LogP contribution in [0.1, 0.15) is 42.5 Å². The molecule has 1 heterocycles. The molecule has 0 aliphatic heterocycles. The number of anilines is 1. The number of rotatable bonds is 5. The Bertz CT molecular complexity index is 1120. The molecule has 1 aromatic heterocycles. The van der Waals surface area contributed by atoms with Crippen molar-refractivity contribution < 1.29 is 14.6 Å². The zero-order valence-corrected chi connectivity index (χ0v) is 17.6. The second kappa shape index (κ2) is 7.42. The van der Waals surface area contributed by atoms with Gasteiger partial charge < -0.3 is 15.2 Å². The van der Waals surface area contributed by atoms with E-state index in [1.165, 1.54) is 0 Å². The molecule has 1 spiro atoms. The Labute approximate surface area is 181 Å². The van der Waals surface area contributed by atoms with Gasteiger partial charge in [-0.3, -0.25) is 5.32 Å². The van der Waals surface area contributed by atoms with Gasteiger partial charge in [-0.05, 0) is 49.9 Å². The quantitative estimate of drug-likeness (QED) is 0.587. The summed E-state index contributed by atoms with van der Waals surface area (Å²) in [6.45, 7) is 4.24. The van der Waals surface area contributed by atoms with Gasteiger partial charge in [0.15, 0.2) is 0 Å². The molecule has 1 fully saturated rings. The number of hydrogen-bond donors (Lipinski definition) is 3. The molecule has 0 bridgehead atoms. The Morgan fingerprint density at radius 3 is 2.61 bits per heavy atom. The summed E-state index contributed by atoms with van der Waals surface area (Å²) in [5.41, 5.74) is 3.49. The van der Waals surface area contributed by atoms with Crippen LogP contribution in [0.15, 0.2) is 54.6 Å². The van der Waals surface area contributed by atoms with Crippen LogP contribution in [0.4, 0.5) is 10.6 Å². The number of amides is 2. The Hall–Kier alpha value is -3.32. The van der Waals surface area contributed by atoms with Crippen molar-refractivity contribution in [2.45, 2.75) is 44.2 Å². The molecule has 0 radical (unpaired) electrons. The molecule has 2 amide bonds. The maximum Gasteiger partial charge on any atom is 0.320 e. The van der Waals surface area contributed by atoms with Crippen molar-refractivity contribution in [3.63, 3.8) is 0 Å². The van der Waals surface area contributed by atoms with Gasteiger partial charge in [0.2, 0.25) is 5.88 Å². The SMILES string of the molecule is CCOc1nn(-c2ccccc2)c(NC(=O)NC2c3ccccc3C3(CC3)C2O)c1C. The van der Waals surface area contributed by atoms with E-state index in [1.54, 1.807) is 4.68 Å². The predicted octanol–water partition coefficient (Wildman–Crippen LogP) is 3.85. The summed E-state index contributed by atoms with van der Waals surface area (Å²) < 4.78 is 7.32. The molecule has 2 aliphatic carbocycles. The van der Waals surface area contributed by atoms with Crippen LogP contribution in [-0.2, 0) is 5.41 Å². The van der Waals surface area contributed by atoms with Gasteiger partial charge in [0.05, 0.1) is 30.0 Å². The third-order valence-electron chi connectivity index (χ3n) is 6.38.